The van der Waals surface area contributed by atoms with Crippen molar-refractivity contribution in [2.75, 3.05) is 0 Å². The minimum absolute atomic E-state index is 0.989. The Morgan fingerprint density at radius 2 is 1.71 bits per heavy atom. The molecule has 0 unspecified atom stereocenters. The molecule has 0 radical (unpaired) electrons. The smallest absolute Gasteiger partial charge is 0.0385 e. The third-order valence-corrected chi connectivity index (χ3v) is 4.20. The number of hydrogen-bond acceptors (Lipinski definition) is 1. The molecule has 0 atom stereocenters. The van der Waals surface area contributed by atoms with E-state index in [9.17, 15) is 0 Å². The summed E-state index contributed by atoms with van der Waals surface area (Å²) in [4.78, 5) is 4.20. The predicted octanol–water partition coefficient (Wildman–Crippen LogP) is 5.37. The lowest BCUT2D eigenvalue weighted by molar-refractivity contribution is 1.19. The number of benzene rings is 2. The van der Waals surface area contributed by atoms with E-state index in [1.54, 1.807) is 6.20 Å². The first-order valence-corrected chi connectivity index (χ1v) is 8.14. The third kappa shape index (κ3) is 2.87. The summed E-state index contributed by atoms with van der Waals surface area (Å²) in [5.74, 6) is 6.49. The van der Waals surface area contributed by atoms with Crippen molar-refractivity contribution < 1.29 is 0 Å². The van der Waals surface area contributed by atoms with E-state index in [2.05, 4.69) is 71.5 Å². The van der Waals surface area contributed by atoms with Crippen molar-refractivity contribution in [2.45, 2.75) is 13.3 Å². The zero-order valence-electron chi connectivity index (χ0n) is 13.6. The Bertz CT molecular complexity index is 1040. The van der Waals surface area contributed by atoms with E-state index in [4.69, 9.17) is 0 Å². The van der Waals surface area contributed by atoms with E-state index in [0.717, 1.165) is 23.2 Å². The van der Waals surface area contributed by atoms with Crippen LogP contribution in [0.2, 0.25) is 0 Å². The van der Waals surface area contributed by atoms with Crippen LogP contribution in [0.4, 0.5) is 0 Å². The molecule has 0 saturated heterocycles. The summed E-state index contributed by atoms with van der Waals surface area (Å²) < 4.78 is 0. The molecule has 1 nitrogen and oxygen atoms in total. The summed E-state index contributed by atoms with van der Waals surface area (Å²) in [7, 11) is 0. The predicted molar refractivity (Wildman–Crippen MR) is 102 cm³/mol. The van der Waals surface area contributed by atoms with Crippen LogP contribution in [0, 0.1) is 18.8 Å². The van der Waals surface area contributed by atoms with Crippen LogP contribution in [-0.2, 0) is 0 Å². The van der Waals surface area contributed by atoms with E-state index in [1.165, 1.54) is 21.9 Å². The lowest BCUT2D eigenvalue weighted by Crippen LogP contribution is -1.85. The Morgan fingerprint density at radius 3 is 2.58 bits per heavy atom. The van der Waals surface area contributed by atoms with E-state index >= 15 is 0 Å². The number of hydrogen-bond donors (Lipinski definition) is 0. The molecule has 1 aromatic heterocycles. The molecule has 24 heavy (non-hydrogen) atoms. The molecule has 0 saturated carbocycles. The lowest BCUT2D eigenvalue weighted by atomic mass is 9.97. The van der Waals surface area contributed by atoms with Crippen molar-refractivity contribution in [1.29, 1.82) is 0 Å². The van der Waals surface area contributed by atoms with Crippen LogP contribution in [0.5, 0.6) is 0 Å². The van der Waals surface area contributed by atoms with Crippen molar-refractivity contribution >= 4 is 22.9 Å². The molecule has 2 aromatic carbocycles. The van der Waals surface area contributed by atoms with Gasteiger partial charge in [-0.05, 0) is 59.5 Å². The van der Waals surface area contributed by atoms with Gasteiger partial charge in [0.05, 0.1) is 0 Å². The molecule has 1 heteroatoms. The van der Waals surface area contributed by atoms with Crippen molar-refractivity contribution in [3.63, 3.8) is 0 Å². The first kappa shape index (κ1) is 14.5. The highest BCUT2D eigenvalue weighted by atomic mass is 14.6. The second-order valence-electron chi connectivity index (χ2n) is 5.98. The molecule has 1 aliphatic carbocycles. The minimum Gasteiger partial charge on any atom is -0.262 e. The Kier molecular flexibility index (Phi) is 3.73. The lowest BCUT2D eigenvalue weighted by Gasteiger charge is -2.07. The number of fused-ring (bicyclic) bond motifs is 3. The van der Waals surface area contributed by atoms with Crippen LogP contribution in [0.1, 0.15) is 34.4 Å². The van der Waals surface area contributed by atoms with E-state index in [-0.39, 0.29) is 0 Å². The fourth-order valence-electron chi connectivity index (χ4n) is 3.01. The summed E-state index contributed by atoms with van der Waals surface area (Å²) >= 11 is 0. The normalized spacial score (nSPS) is 12.4. The molecule has 1 heterocycles. The summed E-state index contributed by atoms with van der Waals surface area (Å²) in [5, 5.41) is 2.51. The Labute approximate surface area is 142 Å². The Hall–Kier alpha value is -3.11. The second-order valence-corrected chi connectivity index (χ2v) is 5.98. The van der Waals surface area contributed by atoms with Gasteiger partial charge in [-0.2, -0.15) is 0 Å². The van der Waals surface area contributed by atoms with Gasteiger partial charge < -0.3 is 0 Å². The molecular weight excluding hydrogens is 290 g/mol. The van der Waals surface area contributed by atoms with Crippen LogP contribution >= 0.6 is 0 Å². The standard InChI is InChI=1S/C23H17N/c1-17-15-19(13-14-24-17)8-7-18-9-12-23-21(16-18)11-10-20-5-3-2-4-6-22(20)23/h3-6,9-16H,2H2,1H3. The molecule has 0 spiro atoms. The maximum atomic E-state index is 4.20. The summed E-state index contributed by atoms with van der Waals surface area (Å²) in [5.41, 5.74) is 5.60. The van der Waals surface area contributed by atoms with Gasteiger partial charge in [-0.25, -0.2) is 0 Å². The SMILES string of the molecule is Cc1cc(C#Cc2ccc3c4c(ccc3c2)C=CCC=C4)ccn1. The highest BCUT2D eigenvalue weighted by molar-refractivity contribution is 5.95. The van der Waals surface area contributed by atoms with Gasteiger partial charge in [0.25, 0.3) is 0 Å². The summed E-state index contributed by atoms with van der Waals surface area (Å²) in [6.07, 6.45) is 11.6. The first-order chi connectivity index (χ1) is 11.8. The number of aromatic nitrogens is 1. The summed E-state index contributed by atoms with van der Waals surface area (Å²) in [6.45, 7) is 1.98. The zero-order valence-corrected chi connectivity index (χ0v) is 13.6. The molecule has 0 fully saturated rings. The van der Waals surface area contributed by atoms with Gasteiger partial charge in [0, 0.05) is 23.0 Å². The van der Waals surface area contributed by atoms with Crippen LogP contribution in [0.25, 0.3) is 22.9 Å². The van der Waals surface area contributed by atoms with Gasteiger partial charge >= 0.3 is 0 Å². The van der Waals surface area contributed by atoms with Gasteiger partial charge in [-0.3, -0.25) is 4.98 Å². The van der Waals surface area contributed by atoms with Gasteiger partial charge in [0.15, 0.2) is 0 Å². The number of pyridine rings is 1. The van der Waals surface area contributed by atoms with Crippen LogP contribution < -0.4 is 0 Å². The van der Waals surface area contributed by atoms with E-state index < -0.39 is 0 Å². The highest BCUT2D eigenvalue weighted by Gasteiger charge is 2.05. The van der Waals surface area contributed by atoms with Crippen LogP contribution in [-0.4, -0.2) is 4.98 Å². The molecule has 4 rings (SSSR count). The third-order valence-electron chi connectivity index (χ3n) is 4.20. The van der Waals surface area contributed by atoms with Crippen LogP contribution in [0.3, 0.4) is 0 Å². The first-order valence-electron chi connectivity index (χ1n) is 8.14. The van der Waals surface area contributed by atoms with Crippen molar-refractivity contribution in [2.24, 2.45) is 0 Å². The highest BCUT2D eigenvalue weighted by Crippen LogP contribution is 2.27. The molecule has 114 valence electrons. The van der Waals surface area contributed by atoms with Crippen molar-refractivity contribution in [1.82, 2.24) is 4.98 Å². The number of rotatable bonds is 0. The molecular formula is C23H17N. The molecule has 0 aliphatic heterocycles. The average molecular weight is 307 g/mol. The second kappa shape index (κ2) is 6.18. The fourth-order valence-corrected chi connectivity index (χ4v) is 3.01. The number of nitrogens with zero attached hydrogens (tertiary/aromatic N) is 1. The zero-order chi connectivity index (χ0) is 16.4. The van der Waals surface area contributed by atoms with E-state index in [0.29, 0.717) is 0 Å². The number of aryl methyl sites for hydroxylation is 1. The molecule has 3 aromatic rings. The summed E-state index contributed by atoms with van der Waals surface area (Å²) in [6, 6.07) is 14.8. The topological polar surface area (TPSA) is 12.9 Å². The van der Waals surface area contributed by atoms with Gasteiger partial charge in [-0.1, -0.05) is 54.3 Å². The largest absolute Gasteiger partial charge is 0.262 e. The molecule has 0 N–H and O–H groups in total. The molecule has 0 amide bonds. The maximum absolute atomic E-state index is 4.20. The Morgan fingerprint density at radius 1 is 0.875 bits per heavy atom. The number of allylic oxidation sites excluding steroid dienone is 2. The maximum Gasteiger partial charge on any atom is 0.0385 e. The van der Waals surface area contributed by atoms with Crippen molar-refractivity contribution in [3.8, 4) is 11.8 Å². The van der Waals surface area contributed by atoms with E-state index in [1.807, 2.05) is 19.1 Å². The average Bonchev–Trinajstić information content (AvgIpc) is 2.85. The Balaban J connectivity index is 1.76. The van der Waals surface area contributed by atoms with Crippen LogP contribution in [0.15, 0.2) is 60.8 Å². The monoisotopic (exact) mass is 307 g/mol. The minimum atomic E-state index is 0.989. The van der Waals surface area contributed by atoms with Gasteiger partial charge in [0.1, 0.15) is 0 Å². The van der Waals surface area contributed by atoms with Gasteiger partial charge in [-0.15, -0.1) is 0 Å². The van der Waals surface area contributed by atoms with Crippen molar-refractivity contribution in [3.05, 3.63) is 88.8 Å². The molecule has 0 bridgehead atoms. The quantitative estimate of drug-likeness (QED) is 0.509. The fraction of sp³-hybridized carbons (Fsp3) is 0.0870. The molecule has 1 aliphatic rings. The van der Waals surface area contributed by atoms with Gasteiger partial charge in [0.2, 0.25) is 0 Å².